The highest BCUT2D eigenvalue weighted by Crippen LogP contribution is 2.23. The summed E-state index contributed by atoms with van der Waals surface area (Å²) >= 11 is 5.93. The number of carbonyl (C=O) groups is 1. The highest BCUT2D eigenvalue weighted by molar-refractivity contribution is 6.30. The van der Waals surface area contributed by atoms with Crippen molar-refractivity contribution in [2.45, 2.75) is 6.10 Å². The van der Waals surface area contributed by atoms with Crippen molar-refractivity contribution in [3.63, 3.8) is 0 Å². The number of hydrogen-bond donors (Lipinski definition) is 1. The lowest BCUT2D eigenvalue weighted by molar-refractivity contribution is 0.00602. The molecule has 0 radical (unpaired) electrons. The Balaban J connectivity index is 2.08. The molecule has 18 heavy (non-hydrogen) atoms. The summed E-state index contributed by atoms with van der Waals surface area (Å²) in [7, 11) is 0. The predicted molar refractivity (Wildman–Crippen MR) is 68.7 cm³/mol. The molecule has 5 heteroatoms. The van der Waals surface area contributed by atoms with Gasteiger partial charge in [0.1, 0.15) is 5.15 Å². The first-order chi connectivity index (χ1) is 8.65. The van der Waals surface area contributed by atoms with Gasteiger partial charge in [0, 0.05) is 18.5 Å². The van der Waals surface area contributed by atoms with Crippen LogP contribution in [0.3, 0.4) is 0 Å². The second-order valence-electron chi connectivity index (χ2n) is 4.37. The quantitative estimate of drug-likeness (QED) is 0.796. The average Bonchev–Trinajstić information content (AvgIpc) is 2.33. The number of pyridine rings is 1. The Morgan fingerprint density at radius 1 is 1.39 bits per heavy atom. The molecular formula is C13H11ClN2O2. The molecule has 1 amide bonds. The minimum absolute atomic E-state index is 0.110. The van der Waals surface area contributed by atoms with Crippen molar-refractivity contribution in [1.82, 2.24) is 9.88 Å². The van der Waals surface area contributed by atoms with E-state index in [2.05, 4.69) is 4.98 Å². The molecule has 2 heterocycles. The van der Waals surface area contributed by atoms with Gasteiger partial charge in [-0.2, -0.15) is 0 Å². The number of aliphatic hydroxyl groups excluding tert-OH is 1. The maximum atomic E-state index is 12.3. The van der Waals surface area contributed by atoms with Crippen LogP contribution in [0.4, 0.5) is 0 Å². The van der Waals surface area contributed by atoms with E-state index in [0.717, 1.165) is 5.39 Å². The average molecular weight is 263 g/mol. The van der Waals surface area contributed by atoms with Crippen molar-refractivity contribution in [2.75, 3.05) is 13.1 Å². The molecule has 2 aromatic rings. The third kappa shape index (κ3) is 1.83. The standard InChI is InChI=1S/C13H11ClN2O2/c14-12-5-10(13(18)16-6-8(17)7-16)9-3-1-2-4-11(9)15-12/h1-5,8,17H,6-7H2. The molecule has 4 nitrogen and oxygen atoms in total. The Labute approximate surface area is 109 Å². The van der Waals surface area contributed by atoms with E-state index in [-0.39, 0.29) is 5.91 Å². The van der Waals surface area contributed by atoms with Gasteiger partial charge in [-0.25, -0.2) is 4.98 Å². The number of para-hydroxylation sites is 1. The number of benzene rings is 1. The fourth-order valence-electron chi connectivity index (χ4n) is 2.11. The van der Waals surface area contributed by atoms with Crippen LogP contribution in [0, 0.1) is 0 Å². The zero-order valence-corrected chi connectivity index (χ0v) is 10.3. The number of aromatic nitrogens is 1. The highest BCUT2D eigenvalue weighted by atomic mass is 35.5. The molecule has 1 aliphatic heterocycles. The van der Waals surface area contributed by atoms with Crippen LogP contribution in [-0.4, -0.2) is 40.1 Å². The van der Waals surface area contributed by atoms with Gasteiger partial charge in [0.15, 0.2) is 0 Å². The number of fused-ring (bicyclic) bond motifs is 1. The maximum Gasteiger partial charge on any atom is 0.254 e. The number of carbonyl (C=O) groups excluding carboxylic acids is 1. The minimum atomic E-state index is -0.405. The summed E-state index contributed by atoms with van der Waals surface area (Å²) in [6.07, 6.45) is -0.405. The van der Waals surface area contributed by atoms with Crippen molar-refractivity contribution in [2.24, 2.45) is 0 Å². The number of hydrogen-bond acceptors (Lipinski definition) is 3. The van der Waals surface area contributed by atoms with Crippen molar-refractivity contribution in [3.8, 4) is 0 Å². The van der Waals surface area contributed by atoms with Gasteiger partial charge in [-0.15, -0.1) is 0 Å². The molecule has 0 saturated carbocycles. The van der Waals surface area contributed by atoms with Gasteiger partial charge in [0.25, 0.3) is 5.91 Å². The smallest absolute Gasteiger partial charge is 0.254 e. The van der Waals surface area contributed by atoms with Crippen LogP contribution in [0.15, 0.2) is 30.3 Å². The van der Waals surface area contributed by atoms with E-state index < -0.39 is 6.10 Å². The summed E-state index contributed by atoms with van der Waals surface area (Å²) < 4.78 is 0. The van der Waals surface area contributed by atoms with E-state index in [9.17, 15) is 9.90 Å². The second-order valence-corrected chi connectivity index (χ2v) is 4.76. The Hall–Kier alpha value is -1.65. The zero-order valence-electron chi connectivity index (χ0n) is 9.51. The van der Waals surface area contributed by atoms with Crippen molar-refractivity contribution < 1.29 is 9.90 Å². The van der Waals surface area contributed by atoms with Crippen LogP contribution in [0.25, 0.3) is 10.9 Å². The lowest BCUT2D eigenvalue weighted by atomic mass is 10.1. The van der Waals surface area contributed by atoms with E-state index in [1.54, 1.807) is 11.0 Å². The van der Waals surface area contributed by atoms with E-state index in [1.165, 1.54) is 0 Å². The number of amides is 1. The summed E-state index contributed by atoms with van der Waals surface area (Å²) in [5.41, 5.74) is 1.24. The van der Waals surface area contributed by atoms with E-state index in [1.807, 2.05) is 24.3 Å². The molecule has 92 valence electrons. The van der Waals surface area contributed by atoms with E-state index >= 15 is 0 Å². The predicted octanol–water partition coefficient (Wildman–Crippen LogP) is 1.70. The first-order valence-corrected chi connectivity index (χ1v) is 6.05. The van der Waals surface area contributed by atoms with Crippen LogP contribution in [0.1, 0.15) is 10.4 Å². The minimum Gasteiger partial charge on any atom is -0.389 e. The zero-order chi connectivity index (χ0) is 12.7. The second kappa shape index (κ2) is 4.23. The Kier molecular flexibility index (Phi) is 2.69. The molecule has 1 fully saturated rings. The van der Waals surface area contributed by atoms with Gasteiger partial charge in [-0.3, -0.25) is 4.79 Å². The largest absolute Gasteiger partial charge is 0.389 e. The van der Waals surface area contributed by atoms with Gasteiger partial charge >= 0.3 is 0 Å². The molecule has 1 aromatic heterocycles. The number of β-amino-alcohol motifs (C(OH)–C–C–N with tert-alkyl or cyclic N) is 1. The van der Waals surface area contributed by atoms with Gasteiger partial charge in [-0.1, -0.05) is 29.8 Å². The molecule has 1 aromatic carbocycles. The van der Waals surface area contributed by atoms with Crippen molar-refractivity contribution in [3.05, 3.63) is 41.0 Å². The van der Waals surface area contributed by atoms with Crippen LogP contribution < -0.4 is 0 Å². The lowest BCUT2D eigenvalue weighted by Crippen LogP contribution is -2.53. The molecule has 0 spiro atoms. The Morgan fingerprint density at radius 2 is 2.11 bits per heavy atom. The van der Waals surface area contributed by atoms with Crippen LogP contribution >= 0.6 is 11.6 Å². The van der Waals surface area contributed by atoms with Gasteiger partial charge in [0.05, 0.1) is 17.2 Å². The third-order valence-corrected chi connectivity index (χ3v) is 3.26. The third-order valence-electron chi connectivity index (χ3n) is 3.06. The molecule has 0 unspecified atom stereocenters. The summed E-state index contributed by atoms with van der Waals surface area (Å²) in [6.45, 7) is 0.764. The van der Waals surface area contributed by atoms with Gasteiger partial charge in [0.2, 0.25) is 0 Å². The molecule has 3 rings (SSSR count). The number of nitrogens with zero attached hydrogens (tertiary/aromatic N) is 2. The maximum absolute atomic E-state index is 12.3. The first-order valence-electron chi connectivity index (χ1n) is 5.68. The molecular weight excluding hydrogens is 252 g/mol. The molecule has 0 bridgehead atoms. The molecule has 0 atom stereocenters. The van der Waals surface area contributed by atoms with Gasteiger partial charge in [-0.05, 0) is 12.1 Å². The number of likely N-dealkylation sites (tertiary alicyclic amines) is 1. The molecule has 1 saturated heterocycles. The summed E-state index contributed by atoms with van der Waals surface area (Å²) in [5.74, 6) is -0.110. The number of rotatable bonds is 1. The monoisotopic (exact) mass is 262 g/mol. The number of aliphatic hydroxyl groups is 1. The lowest BCUT2D eigenvalue weighted by Gasteiger charge is -2.36. The highest BCUT2D eigenvalue weighted by Gasteiger charge is 2.30. The SMILES string of the molecule is O=C(c1cc(Cl)nc2ccccc12)N1CC(O)C1. The molecule has 1 aliphatic rings. The van der Waals surface area contributed by atoms with Crippen LogP contribution in [0.5, 0.6) is 0 Å². The van der Waals surface area contributed by atoms with Gasteiger partial charge < -0.3 is 10.0 Å². The summed E-state index contributed by atoms with van der Waals surface area (Å²) in [5, 5.41) is 10.3. The summed E-state index contributed by atoms with van der Waals surface area (Å²) in [4.78, 5) is 18.0. The van der Waals surface area contributed by atoms with E-state index in [0.29, 0.717) is 29.3 Å². The summed E-state index contributed by atoms with van der Waals surface area (Å²) in [6, 6.07) is 8.97. The molecule has 0 aliphatic carbocycles. The van der Waals surface area contributed by atoms with Crippen molar-refractivity contribution >= 4 is 28.4 Å². The number of halogens is 1. The Bertz CT molecular complexity index is 623. The Morgan fingerprint density at radius 3 is 2.83 bits per heavy atom. The molecule has 1 N–H and O–H groups in total. The van der Waals surface area contributed by atoms with Crippen LogP contribution in [0.2, 0.25) is 5.15 Å². The first kappa shape index (κ1) is 11.4. The van der Waals surface area contributed by atoms with Crippen molar-refractivity contribution in [1.29, 1.82) is 0 Å². The fourth-order valence-corrected chi connectivity index (χ4v) is 2.31. The van der Waals surface area contributed by atoms with Crippen LogP contribution in [-0.2, 0) is 0 Å². The normalized spacial score (nSPS) is 15.8. The fraction of sp³-hybridized carbons (Fsp3) is 0.231. The topological polar surface area (TPSA) is 53.4 Å². The van der Waals surface area contributed by atoms with E-state index in [4.69, 9.17) is 11.6 Å².